The number of fused-ring (bicyclic) bond motifs is 1. The molecule has 2 atom stereocenters. The maximum Gasteiger partial charge on any atom is 0.312 e. The van der Waals surface area contributed by atoms with Gasteiger partial charge < -0.3 is 10.0 Å². The summed E-state index contributed by atoms with van der Waals surface area (Å²) >= 11 is 0. The Morgan fingerprint density at radius 1 is 1.18 bits per heavy atom. The molecule has 2 aliphatic carbocycles. The zero-order valence-electron chi connectivity index (χ0n) is 12.6. The van der Waals surface area contributed by atoms with Crippen LogP contribution in [0.5, 0.6) is 0 Å². The molecular weight excluding hydrogens is 278 g/mol. The summed E-state index contributed by atoms with van der Waals surface area (Å²) in [5.41, 5.74) is 2.12. The molecule has 2 saturated carbocycles. The summed E-state index contributed by atoms with van der Waals surface area (Å²) in [5, 5.41) is 9.51. The highest BCUT2D eigenvalue weighted by Crippen LogP contribution is 2.63. The number of nitrogens with zero attached hydrogens (tertiary/aromatic N) is 1. The van der Waals surface area contributed by atoms with Crippen molar-refractivity contribution in [2.24, 2.45) is 11.3 Å². The molecule has 4 nitrogen and oxygen atoms in total. The lowest BCUT2D eigenvalue weighted by atomic mass is 9.89. The van der Waals surface area contributed by atoms with Crippen molar-refractivity contribution in [2.75, 3.05) is 6.54 Å². The molecule has 116 valence electrons. The maximum atomic E-state index is 12.8. The highest BCUT2D eigenvalue weighted by molar-refractivity contribution is 5.85. The summed E-state index contributed by atoms with van der Waals surface area (Å²) in [6.07, 6.45) is 5.85. The summed E-state index contributed by atoms with van der Waals surface area (Å²) in [7, 11) is 0. The Morgan fingerprint density at radius 3 is 2.64 bits per heavy atom. The van der Waals surface area contributed by atoms with Gasteiger partial charge in [0, 0.05) is 19.0 Å². The van der Waals surface area contributed by atoms with Crippen molar-refractivity contribution in [3.63, 3.8) is 0 Å². The molecule has 3 aliphatic rings. The van der Waals surface area contributed by atoms with E-state index in [0.29, 0.717) is 13.1 Å². The molecule has 1 aliphatic heterocycles. The van der Waals surface area contributed by atoms with E-state index in [1.807, 2.05) is 24.3 Å². The van der Waals surface area contributed by atoms with Crippen molar-refractivity contribution in [3.8, 4) is 0 Å². The van der Waals surface area contributed by atoms with Crippen LogP contribution in [0.25, 0.3) is 0 Å². The largest absolute Gasteiger partial charge is 0.481 e. The van der Waals surface area contributed by atoms with Crippen molar-refractivity contribution in [1.82, 2.24) is 4.90 Å². The second-order valence-electron chi connectivity index (χ2n) is 7.13. The van der Waals surface area contributed by atoms with Crippen LogP contribution in [-0.2, 0) is 16.1 Å². The van der Waals surface area contributed by atoms with Crippen LogP contribution in [0.15, 0.2) is 24.3 Å². The van der Waals surface area contributed by atoms with Gasteiger partial charge in [-0.15, -0.1) is 0 Å². The number of carboxylic acid groups (broad SMARTS) is 1. The van der Waals surface area contributed by atoms with Gasteiger partial charge in [-0.2, -0.15) is 0 Å². The third-order valence-electron chi connectivity index (χ3n) is 5.89. The molecule has 1 heterocycles. The maximum absolute atomic E-state index is 12.8. The highest BCUT2D eigenvalue weighted by atomic mass is 16.4. The zero-order chi connectivity index (χ0) is 15.3. The van der Waals surface area contributed by atoms with E-state index >= 15 is 0 Å². The van der Waals surface area contributed by atoms with E-state index in [0.717, 1.165) is 17.5 Å². The molecular formula is C18H21NO3. The van der Waals surface area contributed by atoms with Crippen LogP contribution in [0, 0.1) is 11.3 Å². The molecule has 22 heavy (non-hydrogen) atoms. The fourth-order valence-electron chi connectivity index (χ4n) is 4.53. The van der Waals surface area contributed by atoms with E-state index in [1.54, 1.807) is 4.90 Å². The van der Waals surface area contributed by atoms with Crippen molar-refractivity contribution in [1.29, 1.82) is 0 Å². The zero-order valence-corrected chi connectivity index (χ0v) is 12.6. The summed E-state index contributed by atoms with van der Waals surface area (Å²) < 4.78 is 0. The third kappa shape index (κ3) is 2.04. The number of carbonyl (C=O) groups is 2. The van der Waals surface area contributed by atoms with E-state index in [1.165, 1.54) is 25.7 Å². The van der Waals surface area contributed by atoms with Crippen LogP contribution < -0.4 is 0 Å². The van der Waals surface area contributed by atoms with Crippen LogP contribution in [0.3, 0.4) is 0 Å². The molecule has 4 heteroatoms. The van der Waals surface area contributed by atoms with Gasteiger partial charge in [-0.25, -0.2) is 0 Å². The van der Waals surface area contributed by atoms with Gasteiger partial charge in [0.2, 0.25) is 5.91 Å². The van der Waals surface area contributed by atoms with Gasteiger partial charge in [0.1, 0.15) is 0 Å². The molecule has 4 rings (SSSR count). The van der Waals surface area contributed by atoms with Crippen LogP contribution in [-0.4, -0.2) is 28.4 Å². The monoisotopic (exact) mass is 299 g/mol. The fraction of sp³-hybridized carbons (Fsp3) is 0.556. The van der Waals surface area contributed by atoms with Crippen molar-refractivity contribution in [3.05, 3.63) is 35.4 Å². The Labute approximate surface area is 130 Å². The lowest BCUT2D eigenvalue weighted by Crippen LogP contribution is -2.42. The summed E-state index contributed by atoms with van der Waals surface area (Å²) in [6.45, 7) is 0.878. The summed E-state index contributed by atoms with van der Waals surface area (Å²) in [6, 6.07) is 7.62. The lowest BCUT2D eigenvalue weighted by Gasteiger charge is -2.33. The highest BCUT2D eigenvalue weighted by Gasteiger charge is 2.59. The van der Waals surface area contributed by atoms with Crippen LogP contribution in [0.1, 0.15) is 49.1 Å². The molecule has 1 amide bonds. The molecule has 1 spiro atoms. The normalized spacial score (nSPS) is 28.5. The molecule has 2 fully saturated rings. The predicted molar refractivity (Wildman–Crippen MR) is 81.2 cm³/mol. The minimum absolute atomic E-state index is 0.148. The van der Waals surface area contributed by atoms with E-state index in [2.05, 4.69) is 0 Å². The van der Waals surface area contributed by atoms with Gasteiger partial charge >= 0.3 is 5.97 Å². The number of hydrogen-bond acceptors (Lipinski definition) is 2. The molecule has 0 aromatic heterocycles. The first-order chi connectivity index (χ1) is 10.6. The predicted octanol–water partition coefficient (Wildman–Crippen LogP) is 2.78. The van der Waals surface area contributed by atoms with Gasteiger partial charge in [0.05, 0.1) is 5.92 Å². The van der Waals surface area contributed by atoms with Gasteiger partial charge in [-0.1, -0.05) is 37.1 Å². The Hall–Kier alpha value is -1.84. The Bertz CT molecular complexity index is 633. The first kappa shape index (κ1) is 13.8. The minimum Gasteiger partial charge on any atom is -0.481 e. The quantitative estimate of drug-likeness (QED) is 0.913. The molecule has 1 N–H and O–H groups in total. The summed E-state index contributed by atoms with van der Waals surface area (Å²) in [5.74, 6) is -1.10. The van der Waals surface area contributed by atoms with Crippen LogP contribution in [0.2, 0.25) is 0 Å². The fourth-order valence-corrected chi connectivity index (χ4v) is 4.53. The molecule has 0 radical (unpaired) electrons. The number of carboxylic acids is 1. The van der Waals surface area contributed by atoms with Gasteiger partial charge in [-0.05, 0) is 35.8 Å². The third-order valence-corrected chi connectivity index (χ3v) is 5.89. The number of carbonyl (C=O) groups excluding carboxylic acids is 1. The Balaban J connectivity index is 1.57. The van der Waals surface area contributed by atoms with E-state index in [4.69, 9.17) is 0 Å². The Kier molecular flexibility index (Phi) is 3.03. The minimum atomic E-state index is -0.837. The summed E-state index contributed by atoms with van der Waals surface area (Å²) in [4.78, 5) is 26.2. The topological polar surface area (TPSA) is 57.6 Å². The van der Waals surface area contributed by atoms with Crippen molar-refractivity contribution in [2.45, 2.75) is 44.6 Å². The second kappa shape index (κ2) is 4.83. The van der Waals surface area contributed by atoms with Crippen molar-refractivity contribution >= 4 is 11.9 Å². The number of benzene rings is 1. The first-order valence-electron chi connectivity index (χ1n) is 8.20. The molecule has 2 unspecified atom stereocenters. The molecule has 0 saturated heterocycles. The van der Waals surface area contributed by atoms with Crippen LogP contribution >= 0.6 is 0 Å². The van der Waals surface area contributed by atoms with Gasteiger partial charge in [0.15, 0.2) is 0 Å². The Morgan fingerprint density at radius 2 is 1.91 bits per heavy atom. The molecule has 0 bridgehead atoms. The van der Waals surface area contributed by atoms with Gasteiger partial charge in [0.25, 0.3) is 0 Å². The van der Waals surface area contributed by atoms with Crippen LogP contribution in [0.4, 0.5) is 0 Å². The number of hydrogen-bond donors (Lipinski definition) is 1. The molecule has 1 aromatic rings. The number of aliphatic carboxylic acids is 1. The lowest BCUT2D eigenvalue weighted by molar-refractivity contribution is -0.142. The van der Waals surface area contributed by atoms with E-state index in [9.17, 15) is 14.7 Å². The smallest absolute Gasteiger partial charge is 0.312 e. The van der Waals surface area contributed by atoms with Crippen molar-refractivity contribution < 1.29 is 14.7 Å². The first-order valence-corrected chi connectivity index (χ1v) is 8.20. The van der Waals surface area contributed by atoms with E-state index in [-0.39, 0.29) is 17.2 Å². The average Bonchev–Trinajstić information content (AvgIpc) is 3.02. The molecule has 1 aromatic carbocycles. The van der Waals surface area contributed by atoms with E-state index < -0.39 is 11.9 Å². The average molecular weight is 299 g/mol. The number of rotatable bonds is 2. The standard InChI is InChI=1S/C18H21NO3/c20-16(15-9-18(15)7-3-4-8-18)19-10-12-5-1-2-6-13(12)14(11-19)17(21)22/h1-2,5-6,14-15H,3-4,7-11H2,(H,21,22). The van der Waals surface area contributed by atoms with Gasteiger partial charge in [-0.3, -0.25) is 9.59 Å². The second-order valence-corrected chi connectivity index (χ2v) is 7.13. The SMILES string of the molecule is O=C(O)C1CN(C(=O)C2CC23CCCC3)Cc2ccccc21. The number of amides is 1.